The molecule has 0 radical (unpaired) electrons. The highest BCUT2D eigenvalue weighted by molar-refractivity contribution is 5.75. The number of carbonyl (C=O) groups is 1. The highest BCUT2D eigenvalue weighted by atomic mass is 16.1. The summed E-state index contributed by atoms with van der Waals surface area (Å²) in [5.74, 6) is 0.955. The van der Waals surface area contributed by atoms with Crippen molar-refractivity contribution in [1.82, 2.24) is 5.32 Å². The zero-order chi connectivity index (χ0) is 13.6. The SMILES string of the molecule is CC(C)CCCNC(=O)CCCCCCCCN. The number of rotatable bonds is 12. The molecular formula is C15H32N2O. The number of amides is 1. The fourth-order valence-corrected chi connectivity index (χ4v) is 1.96. The first kappa shape index (κ1) is 17.4. The van der Waals surface area contributed by atoms with Gasteiger partial charge in [0.2, 0.25) is 5.91 Å². The number of hydrogen-bond acceptors (Lipinski definition) is 2. The van der Waals surface area contributed by atoms with Crippen molar-refractivity contribution < 1.29 is 4.79 Å². The molecule has 18 heavy (non-hydrogen) atoms. The summed E-state index contributed by atoms with van der Waals surface area (Å²) >= 11 is 0. The van der Waals surface area contributed by atoms with Crippen molar-refractivity contribution in [2.24, 2.45) is 11.7 Å². The van der Waals surface area contributed by atoms with Gasteiger partial charge in [-0.25, -0.2) is 0 Å². The highest BCUT2D eigenvalue weighted by Gasteiger charge is 2.01. The van der Waals surface area contributed by atoms with Crippen LogP contribution in [-0.4, -0.2) is 19.0 Å². The minimum atomic E-state index is 0.223. The van der Waals surface area contributed by atoms with Crippen LogP contribution in [-0.2, 0) is 4.79 Å². The van der Waals surface area contributed by atoms with Gasteiger partial charge in [0.25, 0.3) is 0 Å². The van der Waals surface area contributed by atoms with Crippen LogP contribution in [0.1, 0.15) is 71.6 Å². The summed E-state index contributed by atoms with van der Waals surface area (Å²) in [7, 11) is 0. The molecule has 0 heterocycles. The Morgan fingerprint density at radius 2 is 1.61 bits per heavy atom. The molecule has 0 spiro atoms. The van der Waals surface area contributed by atoms with Crippen LogP contribution in [0.3, 0.4) is 0 Å². The molecule has 0 saturated carbocycles. The molecule has 0 aromatic rings. The molecule has 0 unspecified atom stereocenters. The van der Waals surface area contributed by atoms with Crippen molar-refractivity contribution in [3.63, 3.8) is 0 Å². The fourth-order valence-electron chi connectivity index (χ4n) is 1.96. The number of nitrogens with one attached hydrogen (secondary N) is 1. The summed E-state index contributed by atoms with van der Waals surface area (Å²) in [5, 5.41) is 2.99. The molecule has 1 amide bonds. The van der Waals surface area contributed by atoms with Crippen LogP contribution in [0.25, 0.3) is 0 Å². The van der Waals surface area contributed by atoms with Gasteiger partial charge in [0.1, 0.15) is 0 Å². The van der Waals surface area contributed by atoms with E-state index in [1.165, 1.54) is 32.1 Å². The van der Waals surface area contributed by atoms with E-state index in [0.717, 1.165) is 38.3 Å². The van der Waals surface area contributed by atoms with Gasteiger partial charge in [0.15, 0.2) is 0 Å². The summed E-state index contributed by atoms with van der Waals surface area (Å²) in [6, 6.07) is 0. The third-order valence-corrected chi connectivity index (χ3v) is 3.14. The van der Waals surface area contributed by atoms with Crippen molar-refractivity contribution >= 4 is 5.91 Å². The second-order valence-electron chi connectivity index (χ2n) is 5.55. The Labute approximate surface area is 113 Å². The molecule has 0 saturated heterocycles. The second kappa shape index (κ2) is 12.9. The van der Waals surface area contributed by atoms with Crippen molar-refractivity contribution in [3.05, 3.63) is 0 Å². The number of unbranched alkanes of at least 4 members (excludes halogenated alkanes) is 5. The Morgan fingerprint density at radius 3 is 2.22 bits per heavy atom. The van der Waals surface area contributed by atoms with E-state index in [1.54, 1.807) is 0 Å². The maximum atomic E-state index is 11.5. The van der Waals surface area contributed by atoms with E-state index in [4.69, 9.17) is 5.73 Å². The minimum absolute atomic E-state index is 0.223. The molecule has 0 aliphatic heterocycles. The lowest BCUT2D eigenvalue weighted by Crippen LogP contribution is -2.24. The Morgan fingerprint density at radius 1 is 1.00 bits per heavy atom. The molecule has 3 N–H and O–H groups in total. The molecule has 0 aromatic heterocycles. The fraction of sp³-hybridized carbons (Fsp3) is 0.933. The molecule has 0 atom stereocenters. The molecule has 0 fully saturated rings. The van der Waals surface area contributed by atoms with E-state index in [1.807, 2.05) is 0 Å². The maximum absolute atomic E-state index is 11.5. The summed E-state index contributed by atoms with van der Waals surface area (Å²) in [4.78, 5) is 11.5. The van der Waals surface area contributed by atoms with Crippen LogP contribution in [0.2, 0.25) is 0 Å². The van der Waals surface area contributed by atoms with E-state index >= 15 is 0 Å². The van der Waals surface area contributed by atoms with Crippen LogP contribution in [0.4, 0.5) is 0 Å². The summed E-state index contributed by atoms with van der Waals surface area (Å²) < 4.78 is 0. The average Bonchev–Trinajstić information content (AvgIpc) is 2.33. The Kier molecular flexibility index (Phi) is 12.5. The lowest BCUT2D eigenvalue weighted by molar-refractivity contribution is -0.121. The second-order valence-corrected chi connectivity index (χ2v) is 5.55. The zero-order valence-electron chi connectivity index (χ0n) is 12.3. The summed E-state index contributed by atoms with van der Waals surface area (Å²) in [6.07, 6.45) is 10.0. The highest BCUT2D eigenvalue weighted by Crippen LogP contribution is 2.07. The molecule has 0 rings (SSSR count). The summed E-state index contributed by atoms with van der Waals surface area (Å²) in [5.41, 5.74) is 5.43. The predicted molar refractivity (Wildman–Crippen MR) is 78.5 cm³/mol. The van der Waals surface area contributed by atoms with Gasteiger partial charge in [-0.05, 0) is 38.1 Å². The minimum Gasteiger partial charge on any atom is -0.356 e. The summed E-state index contributed by atoms with van der Waals surface area (Å²) in [6.45, 7) is 6.07. The third kappa shape index (κ3) is 13.5. The number of carbonyl (C=O) groups excluding carboxylic acids is 1. The molecule has 0 aromatic carbocycles. The lowest BCUT2D eigenvalue weighted by atomic mass is 10.1. The van der Waals surface area contributed by atoms with Gasteiger partial charge in [0.05, 0.1) is 0 Å². The maximum Gasteiger partial charge on any atom is 0.219 e. The Balaban J connectivity index is 3.17. The Hall–Kier alpha value is -0.570. The molecule has 0 aliphatic rings. The van der Waals surface area contributed by atoms with Gasteiger partial charge in [-0.1, -0.05) is 39.5 Å². The van der Waals surface area contributed by atoms with Crippen molar-refractivity contribution in [2.45, 2.75) is 71.6 Å². The lowest BCUT2D eigenvalue weighted by Gasteiger charge is -2.06. The first-order valence-electron chi connectivity index (χ1n) is 7.63. The van der Waals surface area contributed by atoms with Gasteiger partial charge in [-0.2, -0.15) is 0 Å². The Bertz CT molecular complexity index is 193. The first-order chi connectivity index (χ1) is 8.66. The standard InChI is InChI=1S/C15H32N2O/c1-14(2)10-9-13-17-15(18)11-7-5-3-4-6-8-12-16/h14H,3-13,16H2,1-2H3,(H,17,18). The predicted octanol–water partition coefficient (Wildman–Crippen LogP) is 3.23. The van der Waals surface area contributed by atoms with Crippen molar-refractivity contribution in [2.75, 3.05) is 13.1 Å². The van der Waals surface area contributed by atoms with Crippen LogP contribution < -0.4 is 11.1 Å². The van der Waals surface area contributed by atoms with Crippen LogP contribution in [0, 0.1) is 5.92 Å². The zero-order valence-corrected chi connectivity index (χ0v) is 12.3. The van der Waals surface area contributed by atoms with E-state index in [0.29, 0.717) is 6.42 Å². The van der Waals surface area contributed by atoms with Gasteiger partial charge in [0, 0.05) is 13.0 Å². The molecule has 108 valence electrons. The van der Waals surface area contributed by atoms with Gasteiger partial charge >= 0.3 is 0 Å². The average molecular weight is 256 g/mol. The van der Waals surface area contributed by atoms with Gasteiger partial charge in [-0.15, -0.1) is 0 Å². The quantitative estimate of drug-likeness (QED) is 0.527. The smallest absolute Gasteiger partial charge is 0.219 e. The number of hydrogen-bond donors (Lipinski definition) is 2. The van der Waals surface area contributed by atoms with E-state index < -0.39 is 0 Å². The van der Waals surface area contributed by atoms with E-state index in [9.17, 15) is 4.79 Å². The van der Waals surface area contributed by atoms with Gasteiger partial charge < -0.3 is 11.1 Å². The van der Waals surface area contributed by atoms with Crippen LogP contribution >= 0.6 is 0 Å². The van der Waals surface area contributed by atoms with E-state index in [-0.39, 0.29) is 5.91 Å². The van der Waals surface area contributed by atoms with E-state index in [2.05, 4.69) is 19.2 Å². The first-order valence-corrected chi connectivity index (χ1v) is 7.63. The third-order valence-electron chi connectivity index (χ3n) is 3.14. The topological polar surface area (TPSA) is 55.1 Å². The van der Waals surface area contributed by atoms with Gasteiger partial charge in [-0.3, -0.25) is 4.79 Å². The molecule has 0 aliphatic carbocycles. The molecular weight excluding hydrogens is 224 g/mol. The van der Waals surface area contributed by atoms with Crippen LogP contribution in [0.5, 0.6) is 0 Å². The molecule has 3 heteroatoms. The molecule has 0 bridgehead atoms. The normalized spacial score (nSPS) is 10.9. The monoisotopic (exact) mass is 256 g/mol. The largest absolute Gasteiger partial charge is 0.356 e. The van der Waals surface area contributed by atoms with Crippen molar-refractivity contribution in [3.8, 4) is 0 Å². The molecule has 3 nitrogen and oxygen atoms in total. The van der Waals surface area contributed by atoms with Crippen molar-refractivity contribution in [1.29, 1.82) is 0 Å². The number of nitrogens with two attached hydrogens (primary N) is 1. The van der Waals surface area contributed by atoms with Crippen LogP contribution in [0.15, 0.2) is 0 Å².